The van der Waals surface area contributed by atoms with Crippen molar-refractivity contribution in [2.45, 2.75) is 18.8 Å². The molecule has 1 atom stereocenters. The van der Waals surface area contributed by atoms with Crippen LogP contribution >= 0.6 is 0 Å². The summed E-state index contributed by atoms with van der Waals surface area (Å²) in [5.74, 6) is 1.02. The van der Waals surface area contributed by atoms with Crippen molar-refractivity contribution in [3.63, 3.8) is 0 Å². The molecular formula is C23H22FN3O2. The molecule has 3 aromatic rings. The van der Waals surface area contributed by atoms with Crippen molar-refractivity contribution in [2.75, 3.05) is 20.2 Å². The number of halogens is 1. The molecule has 1 saturated heterocycles. The molecule has 0 saturated carbocycles. The fraction of sp³-hybridized carbons (Fsp3) is 0.261. The van der Waals surface area contributed by atoms with Crippen LogP contribution in [0.2, 0.25) is 0 Å². The minimum atomic E-state index is -0.399. The number of nitrogens with zero attached hydrogens (tertiary/aromatic N) is 3. The van der Waals surface area contributed by atoms with Crippen LogP contribution in [0, 0.1) is 5.82 Å². The van der Waals surface area contributed by atoms with Crippen molar-refractivity contribution in [3.8, 4) is 17.1 Å². The van der Waals surface area contributed by atoms with Crippen LogP contribution in [-0.2, 0) is 0 Å². The van der Waals surface area contributed by atoms with Crippen molar-refractivity contribution in [1.82, 2.24) is 14.9 Å². The molecule has 1 aliphatic heterocycles. The molecule has 0 N–H and O–H groups in total. The van der Waals surface area contributed by atoms with Crippen LogP contribution in [0.3, 0.4) is 0 Å². The Bertz CT molecular complexity index is 1010. The van der Waals surface area contributed by atoms with E-state index in [1.807, 2.05) is 30.3 Å². The average Bonchev–Trinajstić information content (AvgIpc) is 2.79. The van der Waals surface area contributed by atoms with E-state index < -0.39 is 5.82 Å². The standard InChI is InChI=1S/C23H22FN3O2/c1-29-20-9-7-16(8-10-20)22-25-12-11-21(26-22)18-5-3-13-27(15-18)23(28)17-4-2-6-19(24)14-17/h2,4,6-12,14,18H,3,5,13,15H2,1H3/t18-/m0/s1. The molecule has 2 heterocycles. The van der Waals surface area contributed by atoms with Crippen LogP contribution in [0.15, 0.2) is 60.8 Å². The van der Waals surface area contributed by atoms with Crippen LogP contribution in [0.4, 0.5) is 4.39 Å². The van der Waals surface area contributed by atoms with Gasteiger partial charge in [-0.1, -0.05) is 6.07 Å². The number of methoxy groups -OCH3 is 1. The number of hydrogen-bond acceptors (Lipinski definition) is 4. The van der Waals surface area contributed by atoms with E-state index in [0.29, 0.717) is 24.5 Å². The first-order valence-electron chi connectivity index (χ1n) is 9.66. The summed E-state index contributed by atoms with van der Waals surface area (Å²) in [6, 6.07) is 15.4. The zero-order valence-electron chi connectivity index (χ0n) is 16.2. The minimum Gasteiger partial charge on any atom is -0.497 e. The van der Waals surface area contributed by atoms with Crippen molar-refractivity contribution >= 4 is 5.91 Å². The van der Waals surface area contributed by atoms with Gasteiger partial charge in [-0.15, -0.1) is 0 Å². The highest BCUT2D eigenvalue weighted by Crippen LogP contribution is 2.28. The van der Waals surface area contributed by atoms with Crippen molar-refractivity contribution in [1.29, 1.82) is 0 Å². The molecule has 0 radical (unpaired) electrons. The van der Waals surface area contributed by atoms with Crippen molar-refractivity contribution in [3.05, 3.63) is 77.9 Å². The van der Waals surface area contributed by atoms with Crippen molar-refractivity contribution in [2.24, 2.45) is 0 Å². The SMILES string of the molecule is COc1ccc(-c2nccc([C@H]3CCCN(C(=O)c4cccc(F)c4)C3)n2)cc1. The van der Waals surface area contributed by atoms with Gasteiger partial charge in [0.15, 0.2) is 5.82 Å². The van der Waals surface area contributed by atoms with Gasteiger partial charge in [-0.05, 0) is 61.4 Å². The first kappa shape index (κ1) is 19.1. The summed E-state index contributed by atoms with van der Waals surface area (Å²) in [6.07, 6.45) is 3.59. The van der Waals surface area contributed by atoms with Crippen LogP contribution in [0.5, 0.6) is 5.75 Å². The van der Waals surface area contributed by atoms with E-state index in [1.165, 1.54) is 12.1 Å². The Morgan fingerprint density at radius 2 is 2.00 bits per heavy atom. The monoisotopic (exact) mass is 391 g/mol. The van der Waals surface area contributed by atoms with Gasteiger partial charge in [0.05, 0.1) is 7.11 Å². The Kier molecular flexibility index (Phi) is 5.51. The third-order valence-corrected chi connectivity index (χ3v) is 5.22. The second kappa shape index (κ2) is 8.39. The van der Waals surface area contributed by atoms with Gasteiger partial charge in [0.1, 0.15) is 11.6 Å². The van der Waals surface area contributed by atoms with Crippen LogP contribution in [0.1, 0.15) is 34.8 Å². The van der Waals surface area contributed by atoms with Gasteiger partial charge in [0.25, 0.3) is 5.91 Å². The maximum absolute atomic E-state index is 13.5. The molecule has 0 unspecified atom stereocenters. The van der Waals surface area contributed by atoms with Gasteiger partial charge in [-0.3, -0.25) is 4.79 Å². The number of benzene rings is 2. The highest BCUT2D eigenvalue weighted by Gasteiger charge is 2.26. The zero-order chi connectivity index (χ0) is 20.2. The van der Waals surface area contributed by atoms with Crippen LogP contribution in [0.25, 0.3) is 11.4 Å². The van der Waals surface area contributed by atoms with Crippen molar-refractivity contribution < 1.29 is 13.9 Å². The molecule has 4 rings (SSSR count). The van der Waals surface area contributed by atoms with Gasteiger partial charge in [0, 0.05) is 42.0 Å². The largest absolute Gasteiger partial charge is 0.497 e. The summed E-state index contributed by atoms with van der Waals surface area (Å²) in [4.78, 5) is 23.7. The summed E-state index contributed by atoms with van der Waals surface area (Å²) < 4.78 is 18.7. The fourth-order valence-corrected chi connectivity index (χ4v) is 3.69. The molecule has 0 spiro atoms. The maximum atomic E-state index is 13.5. The van der Waals surface area contributed by atoms with Crippen LogP contribution < -0.4 is 4.74 Å². The number of rotatable bonds is 4. The van der Waals surface area contributed by atoms with Gasteiger partial charge in [-0.25, -0.2) is 14.4 Å². The Labute approximate surface area is 169 Å². The maximum Gasteiger partial charge on any atom is 0.253 e. The number of carbonyl (C=O) groups is 1. The van der Waals surface area contributed by atoms with E-state index in [1.54, 1.807) is 30.3 Å². The first-order chi connectivity index (χ1) is 14.1. The molecule has 148 valence electrons. The van der Waals surface area contributed by atoms with Gasteiger partial charge in [0.2, 0.25) is 0 Å². The lowest BCUT2D eigenvalue weighted by Crippen LogP contribution is -2.39. The summed E-state index contributed by atoms with van der Waals surface area (Å²) >= 11 is 0. The molecule has 2 aromatic carbocycles. The molecule has 0 aliphatic carbocycles. The second-order valence-corrected chi connectivity index (χ2v) is 7.13. The lowest BCUT2D eigenvalue weighted by molar-refractivity contribution is 0.0705. The molecular weight excluding hydrogens is 369 g/mol. The number of carbonyl (C=O) groups excluding carboxylic acids is 1. The number of likely N-dealkylation sites (tertiary alicyclic amines) is 1. The third-order valence-electron chi connectivity index (χ3n) is 5.22. The van der Waals surface area contributed by atoms with E-state index in [0.717, 1.165) is 29.8 Å². The first-order valence-corrected chi connectivity index (χ1v) is 9.66. The van der Waals surface area contributed by atoms with E-state index in [4.69, 9.17) is 9.72 Å². The lowest BCUT2D eigenvalue weighted by Gasteiger charge is -2.32. The summed E-state index contributed by atoms with van der Waals surface area (Å²) in [5.41, 5.74) is 2.21. The van der Waals surface area contributed by atoms with Crippen LogP contribution in [-0.4, -0.2) is 41.0 Å². The smallest absolute Gasteiger partial charge is 0.253 e. The molecule has 1 amide bonds. The Hall–Kier alpha value is -3.28. The number of piperidine rings is 1. The molecule has 1 fully saturated rings. The minimum absolute atomic E-state index is 0.126. The van der Waals surface area contributed by atoms with E-state index >= 15 is 0 Å². The summed E-state index contributed by atoms with van der Waals surface area (Å²) in [5, 5.41) is 0. The zero-order valence-corrected chi connectivity index (χ0v) is 16.2. The molecule has 1 aromatic heterocycles. The molecule has 0 bridgehead atoms. The second-order valence-electron chi connectivity index (χ2n) is 7.13. The van der Waals surface area contributed by atoms with E-state index in [2.05, 4.69) is 4.98 Å². The topological polar surface area (TPSA) is 55.3 Å². The molecule has 29 heavy (non-hydrogen) atoms. The summed E-state index contributed by atoms with van der Waals surface area (Å²) in [7, 11) is 1.63. The van der Waals surface area contributed by atoms with E-state index in [9.17, 15) is 9.18 Å². The molecule has 1 aliphatic rings. The average molecular weight is 391 g/mol. The van der Waals surface area contributed by atoms with Gasteiger partial charge in [-0.2, -0.15) is 0 Å². The predicted octanol–water partition coefficient (Wildman–Crippen LogP) is 4.31. The Morgan fingerprint density at radius 1 is 1.17 bits per heavy atom. The fourth-order valence-electron chi connectivity index (χ4n) is 3.69. The number of amides is 1. The normalized spacial score (nSPS) is 16.5. The molecule has 6 heteroatoms. The summed E-state index contributed by atoms with van der Waals surface area (Å²) in [6.45, 7) is 1.23. The predicted molar refractivity (Wildman–Crippen MR) is 108 cm³/mol. The number of aromatic nitrogens is 2. The third kappa shape index (κ3) is 4.26. The van der Waals surface area contributed by atoms with E-state index in [-0.39, 0.29) is 11.8 Å². The Morgan fingerprint density at radius 3 is 2.76 bits per heavy atom. The number of ether oxygens (including phenoxy) is 1. The quantitative estimate of drug-likeness (QED) is 0.665. The van der Waals surface area contributed by atoms with Gasteiger partial charge >= 0.3 is 0 Å². The highest BCUT2D eigenvalue weighted by atomic mass is 19.1. The molecule has 5 nitrogen and oxygen atoms in total. The number of hydrogen-bond donors (Lipinski definition) is 0. The Balaban J connectivity index is 1.53. The van der Waals surface area contributed by atoms with Gasteiger partial charge < -0.3 is 9.64 Å². The lowest BCUT2D eigenvalue weighted by atomic mass is 9.94. The highest BCUT2D eigenvalue weighted by molar-refractivity contribution is 5.94.